The fourth-order valence-electron chi connectivity index (χ4n) is 2.61. The molecule has 1 aliphatic carbocycles. The molecule has 2 rings (SSSR count). The van der Waals surface area contributed by atoms with Gasteiger partial charge in [0.1, 0.15) is 5.75 Å². The van der Waals surface area contributed by atoms with Crippen LogP contribution in [0.2, 0.25) is 0 Å². The summed E-state index contributed by atoms with van der Waals surface area (Å²) in [5, 5.41) is -0.156. The Morgan fingerprint density at radius 3 is 2.57 bits per heavy atom. The van der Waals surface area contributed by atoms with E-state index in [2.05, 4.69) is 24.6 Å². The molecule has 0 saturated heterocycles. The zero-order chi connectivity index (χ0) is 15.5. The average Bonchev–Trinajstić information content (AvgIpc) is 3.32. The van der Waals surface area contributed by atoms with Crippen LogP contribution in [0.5, 0.6) is 5.75 Å². The second kappa shape index (κ2) is 6.36. The van der Waals surface area contributed by atoms with Gasteiger partial charge >= 0.3 is 0 Å². The number of hydrogen-bond acceptors (Lipinski definition) is 3. The molecule has 21 heavy (non-hydrogen) atoms. The van der Waals surface area contributed by atoms with Crippen molar-refractivity contribution in [1.29, 1.82) is 0 Å². The number of sulfonamides is 1. The molecule has 5 heteroatoms. The van der Waals surface area contributed by atoms with Crippen LogP contribution in [0.4, 0.5) is 0 Å². The molecular weight excluding hydrogens is 286 g/mol. The van der Waals surface area contributed by atoms with E-state index in [1.165, 1.54) is 0 Å². The van der Waals surface area contributed by atoms with E-state index in [0.29, 0.717) is 6.54 Å². The van der Waals surface area contributed by atoms with Crippen molar-refractivity contribution in [2.24, 2.45) is 0 Å². The van der Waals surface area contributed by atoms with Crippen molar-refractivity contribution in [2.75, 3.05) is 13.7 Å². The van der Waals surface area contributed by atoms with Gasteiger partial charge in [0.15, 0.2) is 0 Å². The van der Waals surface area contributed by atoms with Crippen LogP contribution in [0.25, 0.3) is 0 Å². The van der Waals surface area contributed by atoms with Crippen molar-refractivity contribution in [1.82, 2.24) is 4.72 Å². The van der Waals surface area contributed by atoms with Crippen molar-refractivity contribution < 1.29 is 13.2 Å². The molecule has 1 N–H and O–H groups in total. The lowest BCUT2D eigenvalue weighted by atomic mass is 9.77. The van der Waals surface area contributed by atoms with Gasteiger partial charge in [-0.1, -0.05) is 32.0 Å². The highest BCUT2D eigenvalue weighted by Gasteiger charge is 2.36. The van der Waals surface area contributed by atoms with Crippen LogP contribution in [0, 0.1) is 0 Å². The molecule has 1 atom stereocenters. The number of para-hydroxylation sites is 1. The van der Waals surface area contributed by atoms with E-state index in [4.69, 9.17) is 4.74 Å². The lowest BCUT2D eigenvalue weighted by Gasteiger charge is -2.30. The van der Waals surface area contributed by atoms with E-state index < -0.39 is 10.0 Å². The van der Waals surface area contributed by atoms with Gasteiger partial charge in [0, 0.05) is 12.1 Å². The van der Waals surface area contributed by atoms with Crippen LogP contribution >= 0.6 is 0 Å². The van der Waals surface area contributed by atoms with Crippen molar-refractivity contribution in [3.8, 4) is 5.75 Å². The van der Waals surface area contributed by atoms with Crippen molar-refractivity contribution in [2.45, 2.75) is 50.2 Å². The van der Waals surface area contributed by atoms with Gasteiger partial charge in [0.05, 0.1) is 12.4 Å². The predicted octanol–water partition coefficient (Wildman–Crippen LogP) is 2.83. The summed E-state index contributed by atoms with van der Waals surface area (Å²) in [6, 6.07) is 7.98. The van der Waals surface area contributed by atoms with E-state index in [-0.39, 0.29) is 10.7 Å². The van der Waals surface area contributed by atoms with Crippen LogP contribution < -0.4 is 9.46 Å². The molecule has 1 fully saturated rings. The minimum atomic E-state index is -3.10. The van der Waals surface area contributed by atoms with E-state index >= 15 is 0 Å². The molecule has 0 aromatic heterocycles. The molecule has 118 valence electrons. The number of rotatable bonds is 8. The third kappa shape index (κ3) is 3.77. The molecule has 0 spiro atoms. The predicted molar refractivity (Wildman–Crippen MR) is 85.2 cm³/mol. The first-order valence-electron chi connectivity index (χ1n) is 7.55. The van der Waals surface area contributed by atoms with E-state index in [9.17, 15) is 8.42 Å². The monoisotopic (exact) mass is 311 g/mol. The lowest BCUT2D eigenvalue weighted by Crippen LogP contribution is -2.33. The van der Waals surface area contributed by atoms with E-state index in [1.54, 1.807) is 7.11 Å². The van der Waals surface area contributed by atoms with Gasteiger partial charge in [-0.25, -0.2) is 13.1 Å². The zero-order valence-corrected chi connectivity index (χ0v) is 13.9. The molecular formula is C16H25NO3S. The Bertz CT molecular complexity index is 581. The SMILES string of the molecule is CC[C@@](C)(CCNS(=O)(=O)C1CC1)c1ccccc1OC. The second-order valence-electron chi connectivity index (χ2n) is 6.00. The maximum atomic E-state index is 11.9. The quantitative estimate of drug-likeness (QED) is 0.803. The summed E-state index contributed by atoms with van der Waals surface area (Å²) >= 11 is 0. The second-order valence-corrected chi connectivity index (χ2v) is 8.05. The molecule has 0 aliphatic heterocycles. The molecule has 0 amide bonds. The molecule has 0 bridgehead atoms. The van der Waals surface area contributed by atoms with Gasteiger partial charge in [0.25, 0.3) is 0 Å². The summed E-state index contributed by atoms with van der Waals surface area (Å²) in [5.74, 6) is 0.868. The molecule has 0 heterocycles. The first-order chi connectivity index (χ1) is 9.93. The Labute approximate surface area is 127 Å². The summed E-state index contributed by atoms with van der Waals surface area (Å²) < 4.78 is 32.0. The summed E-state index contributed by atoms with van der Waals surface area (Å²) in [7, 11) is -1.43. The van der Waals surface area contributed by atoms with Crippen LogP contribution in [-0.2, 0) is 15.4 Å². The highest BCUT2D eigenvalue weighted by molar-refractivity contribution is 7.90. The number of benzene rings is 1. The standard InChI is InChI=1S/C16H25NO3S/c1-4-16(2,14-7-5-6-8-15(14)20-3)11-12-17-21(18,19)13-9-10-13/h5-8,13,17H,4,9-12H2,1-3H3/t16-/m0/s1. The Hall–Kier alpha value is -1.07. The average molecular weight is 311 g/mol. The van der Waals surface area contributed by atoms with Crippen LogP contribution in [0.1, 0.15) is 45.1 Å². The normalized spacial score (nSPS) is 18.2. The minimum Gasteiger partial charge on any atom is -0.496 e. The number of hydrogen-bond donors (Lipinski definition) is 1. The van der Waals surface area contributed by atoms with Crippen LogP contribution in [0.15, 0.2) is 24.3 Å². The Morgan fingerprint density at radius 1 is 1.33 bits per heavy atom. The lowest BCUT2D eigenvalue weighted by molar-refractivity contribution is 0.366. The molecule has 1 aromatic carbocycles. The summed E-state index contributed by atoms with van der Waals surface area (Å²) in [5.41, 5.74) is 1.04. The Morgan fingerprint density at radius 2 is 2.00 bits per heavy atom. The van der Waals surface area contributed by atoms with Gasteiger partial charge < -0.3 is 4.74 Å². The first kappa shape index (κ1) is 16.3. The molecule has 0 unspecified atom stereocenters. The molecule has 4 nitrogen and oxygen atoms in total. The van der Waals surface area contributed by atoms with Crippen molar-refractivity contribution >= 4 is 10.0 Å². The van der Waals surface area contributed by atoms with Gasteiger partial charge in [-0.15, -0.1) is 0 Å². The zero-order valence-electron chi connectivity index (χ0n) is 13.1. The van der Waals surface area contributed by atoms with Crippen LogP contribution in [0.3, 0.4) is 0 Å². The Kier molecular flexibility index (Phi) is 4.94. The van der Waals surface area contributed by atoms with Gasteiger partial charge in [-0.3, -0.25) is 0 Å². The van der Waals surface area contributed by atoms with Gasteiger partial charge in [-0.05, 0) is 37.2 Å². The maximum Gasteiger partial charge on any atom is 0.214 e. The fraction of sp³-hybridized carbons (Fsp3) is 0.625. The summed E-state index contributed by atoms with van der Waals surface area (Å²) in [6.07, 6.45) is 3.29. The third-order valence-corrected chi connectivity index (χ3v) is 6.44. The van der Waals surface area contributed by atoms with Gasteiger partial charge in [0.2, 0.25) is 10.0 Å². The highest BCUT2D eigenvalue weighted by Crippen LogP contribution is 2.37. The number of methoxy groups -OCH3 is 1. The highest BCUT2D eigenvalue weighted by atomic mass is 32.2. The number of ether oxygens (including phenoxy) is 1. The van der Waals surface area contributed by atoms with Crippen LogP contribution in [-0.4, -0.2) is 27.3 Å². The third-order valence-electron chi connectivity index (χ3n) is 4.48. The van der Waals surface area contributed by atoms with Crippen molar-refractivity contribution in [3.63, 3.8) is 0 Å². The van der Waals surface area contributed by atoms with E-state index in [0.717, 1.165) is 37.0 Å². The maximum absolute atomic E-state index is 11.9. The largest absolute Gasteiger partial charge is 0.496 e. The fourth-order valence-corrected chi connectivity index (χ4v) is 3.99. The molecule has 0 radical (unpaired) electrons. The summed E-state index contributed by atoms with van der Waals surface area (Å²) in [6.45, 7) is 4.76. The topological polar surface area (TPSA) is 55.4 Å². The summed E-state index contributed by atoms with van der Waals surface area (Å²) in [4.78, 5) is 0. The smallest absolute Gasteiger partial charge is 0.214 e. The first-order valence-corrected chi connectivity index (χ1v) is 9.09. The molecule has 1 aromatic rings. The number of nitrogens with one attached hydrogen (secondary N) is 1. The molecule has 1 saturated carbocycles. The minimum absolute atomic E-state index is 0.0985. The molecule has 1 aliphatic rings. The van der Waals surface area contributed by atoms with Crippen molar-refractivity contribution in [3.05, 3.63) is 29.8 Å². The Balaban J connectivity index is 2.06. The van der Waals surface area contributed by atoms with E-state index in [1.807, 2.05) is 18.2 Å². The van der Waals surface area contributed by atoms with Gasteiger partial charge in [-0.2, -0.15) is 0 Å².